The zero-order chi connectivity index (χ0) is 29.1. The average molecular weight is 563 g/mol. The highest BCUT2D eigenvalue weighted by atomic mass is 19.4. The number of hydrogen-bond donors (Lipinski definition) is 2. The highest BCUT2D eigenvalue weighted by Crippen LogP contribution is 2.36. The maximum absolute atomic E-state index is 13.6. The number of carboxylic acids is 1. The van der Waals surface area contributed by atoms with Crippen LogP contribution in [0.15, 0.2) is 83.3 Å². The Morgan fingerprint density at radius 2 is 1.39 bits per heavy atom. The summed E-state index contributed by atoms with van der Waals surface area (Å²) in [5.41, 5.74) is 1.63. The van der Waals surface area contributed by atoms with E-state index in [0.29, 0.717) is 24.0 Å². The molecule has 210 valence electrons. The third-order valence-electron chi connectivity index (χ3n) is 7.19. The Morgan fingerprint density at radius 1 is 0.805 bits per heavy atom. The minimum absolute atomic E-state index is 0.178. The fraction of sp³-hybridized carbons (Fsp3) is 0.226. The molecule has 0 unspecified atom stereocenters. The van der Waals surface area contributed by atoms with Gasteiger partial charge in [0.1, 0.15) is 0 Å². The van der Waals surface area contributed by atoms with E-state index < -0.39 is 41.3 Å². The standard InChI is InChI=1S/C31H25F3N2O5/c32-31(33,34)27-25(36-29(41-27)21-6-2-1-3-7-21)28(38)35-22-16-14-19(15-17-22)18-10-12-20(13-11-18)26(37)23-8-4-5-9-24(23)30(39)40/h1-3,6-7,10-17,23-24H,4-5,8-9H2,(H,35,38)(H,39,40)/t23-,24+/m1/s1. The summed E-state index contributed by atoms with van der Waals surface area (Å²) in [5, 5.41) is 11.9. The van der Waals surface area contributed by atoms with E-state index >= 15 is 0 Å². The van der Waals surface area contributed by atoms with Gasteiger partial charge in [0.25, 0.3) is 5.91 Å². The summed E-state index contributed by atoms with van der Waals surface area (Å²) in [4.78, 5) is 41.2. The second-order valence-electron chi connectivity index (χ2n) is 9.87. The molecule has 7 nitrogen and oxygen atoms in total. The van der Waals surface area contributed by atoms with Crippen molar-refractivity contribution in [2.45, 2.75) is 31.9 Å². The summed E-state index contributed by atoms with van der Waals surface area (Å²) in [6, 6.07) is 21.2. The third-order valence-corrected chi connectivity index (χ3v) is 7.19. The van der Waals surface area contributed by atoms with Crippen LogP contribution < -0.4 is 5.32 Å². The Hall–Kier alpha value is -4.73. The second-order valence-corrected chi connectivity index (χ2v) is 9.87. The summed E-state index contributed by atoms with van der Waals surface area (Å²) >= 11 is 0. The number of benzene rings is 3. The molecule has 2 atom stereocenters. The van der Waals surface area contributed by atoms with Crippen LogP contribution in [0.1, 0.15) is 52.3 Å². The molecule has 3 aromatic carbocycles. The van der Waals surface area contributed by atoms with Crippen molar-refractivity contribution < 1.29 is 37.1 Å². The lowest BCUT2D eigenvalue weighted by molar-refractivity contribution is -0.153. The molecule has 4 aromatic rings. The number of anilines is 1. The lowest BCUT2D eigenvalue weighted by Crippen LogP contribution is -2.32. The summed E-state index contributed by atoms with van der Waals surface area (Å²) in [6.07, 6.45) is -2.25. The fourth-order valence-electron chi connectivity index (χ4n) is 5.09. The number of nitrogens with zero attached hydrogens (tertiary/aromatic N) is 1. The van der Waals surface area contributed by atoms with Gasteiger partial charge in [-0.3, -0.25) is 14.4 Å². The number of carbonyl (C=O) groups is 3. The summed E-state index contributed by atoms with van der Waals surface area (Å²) in [6.45, 7) is 0. The molecule has 0 spiro atoms. The van der Waals surface area contributed by atoms with Crippen LogP contribution in [0.25, 0.3) is 22.6 Å². The molecule has 10 heteroatoms. The number of carbonyl (C=O) groups excluding carboxylic acids is 2. The van der Waals surface area contributed by atoms with E-state index in [4.69, 9.17) is 4.42 Å². The predicted octanol–water partition coefficient (Wildman–Crippen LogP) is 7.35. The van der Waals surface area contributed by atoms with Crippen LogP contribution in [0.3, 0.4) is 0 Å². The lowest BCUT2D eigenvalue weighted by Gasteiger charge is -2.27. The van der Waals surface area contributed by atoms with Crippen molar-refractivity contribution in [1.82, 2.24) is 4.98 Å². The van der Waals surface area contributed by atoms with Gasteiger partial charge in [-0.25, -0.2) is 4.98 Å². The zero-order valence-electron chi connectivity index (χ0n) is 21.6. The van der Waals surface area contributed by atoms with Crippen LogP contribution in [-0.2, 0) is 11.0 Å². The number of ketones is 1. The minimum atomic E-state index is -4.92. The van der Waals surface area contributed by atoms with Crippen LogP contribution in [0, 0.1) is 11.8 Å². The number of amides is 1. The molecule has 1 saturated carbocycles. The lowest BCUT2D eigenvalue weighted by atomic mass is 9.75. The monoisotopic (exact) mass is 562 g/mol. The van der Waals surface area contributed by atoms with Gasteiger partial charge in [-0.2, -0.15) is 13.2 Å². The molecule has 1 aliphatic carbocycles. The van der Waals surface area contributed by atoms with Gasteiger partial charge >= 0.3 is 12.1 Å². The molecule has 1 fully saturated rings. The Morgan fingerprint density at radius 3 is 1.98 bits per heavy atom. The number of hydrogen-bond acceptors (Lipinski definition) is 5. The largest absolute Gasteiger partial charge is 0.481 e. The smallest absolute Gasteiger partial charge is 0.452 e. The van der Waals surface area contributed by atoms with E-state index in [1.807, 2.05) is 0 Å². The SMILES string of the molecule is O=C(Nc1ccc(-c2ccc(C(=O)[C@@H]3CCCC[C@@H]3C(=O)O)cc2)cc1)c1nc(-c2ccccc2)oc1C(F)(F)F. The van der Waals surface area contributed by atoms with E-state index in [2.05, 4.69) is 10.3 Å². The van der Waals surface area contributed by atoms with Crippen LogP contribution in [0.4, 0.5) is 18.9 Å². The van der Waals surface area contributed by atoms with Crippen LogP contribution >= 0.6 is 0 Å². The summed E-state index contributed by atoms with van der Waals surface area (Å²) < 4.78 is 45.7. The maximum Gasteiger partial charge on any atom is 0.452 e. The first-order valence-corrected chi connectivity index (χ1v) is 13.0. The van der Waals surface area contributed by atoms with Crippen molar-refractivity contribution in [2.75, 3.05) is 5.32 Å². The molecular weight excluding hydrogens is 537 g/mol. The normalized spacial score (nSPS) is 17.1. The molecule has 1 aromatic heterocycles. The molecular formula is C31H25F3N2O5. The first-order chi connectivity index (χ1) is 19.6. The molecule has 0 radical (unpaired) electrons. The van der Waals surface area contributed by atoms with E-state index in [-0.39, 0.29) is 17.4 Å². The van der Waals surface area contributed by atoms with Gasteiger partial charge < -0.3 is 14.8 Å². The van der Waals surface area contributed by atoms with Crippen molar-refractivity contribution in [2.24, 2.45) is 11.8 Å². The van der Waals surface area contributed by atoms with Gasteiger partial charge in [-0.15, -0.1) is 0 Å². The molecule has 1 amide bonds. The number of Topliss-reactive ketones (excluding diaryl/α,β-unsaturated/α-hetero) is 1. The molecule has 0 saturated heterocycles. The summed E-state index contributed by atoms with van der Waals surface area (Å²) in [7, 11) is 0. The Bertz CT molecular complexity index is 1560. The molecule has 0 aliphatic heterocycles. The highest BCUT2D eigenvalue weighted by Gasteiger charge is 2.42. The van der Waals surface area contributed by atoms with Crippen molar-refractivity contribution >= 4 is 23.3 Å². The quantitative estimate of drug-likeness (QED) is 0.228. The van der Waals surface area contributed by atoms with E-state index in [0.717, 1.165) is 24.0 Å². The molecule has 2 N–H and O–H groups in total. The highest BCUT2D eigenvalue weighted by molar-refractivity contribution is 6.04. The number of alkyl halides is 3. The van der Waals surface area contributed by atoms with E-state index in [9.17, 15) is 32.7 Å². The van der Waals surface area contributed by atoms with Crippen LogP contribution in [0.5, 0.6) is 0 Å². The van der Waals surface area contributed by atoms with Gasteiger partial charge in [0.05, 0.1) is 5.92 Å². The van der Waals surface area contributed by atoms with Crippen molar-refractivity contribution in [3.63, 3.8) is 0 Å². The van der Waals surface area contributed by atoms with Gasteiger partial charge in [0.15, 0.2) is 11.5 Å². The Labute approximate surface area is 233 Å². The van der Waals surface area contributed by atoms with Gasteiger partial charge in [0, 0.05) is 22.7 Å². The van der Waals surface area contributed by atoms with Crippen molar-refractivity contribution in [1.29, 1.82) is 0 Å². The number of halogens is 3. The number of carboxylic acid groups (broad SMARTS) is 1. The van der Waals surface area contributed by atoms with Gasteiger partial charge in [-0.05, 0) is 48.2 Å². The topological polar surface area (TPSA) is 110 Å². The van der Waals surface area contributed by atoms with Crippen molar-refractivity contribution in [3.05, 3.63) is 95.9 Å². The predicted molar refractivity (Wildman–Crippen MR) is 144 cm³/mol. The number of aromatic nitrogens is 1. The number of rotatable bonds is 7. The maximum atomic E-state index is 13.6. The fourth-order valence-corrected chi connectivity index (χ4v) is 5.09. The number of aliphatic carboxylic acids is 1. The molecule has 5 rings (SSSR count). The first kappa shape index (κ1) is 27.8. The van der Waals surface area contributed by atoms with Gasteiger partial charge in [-0.1, -0.05) is 67.4 Å². The molecule has 0 bridgehead atoms. The van der Waals surface area contributed by atoms with Crippen molar-refractivity contribution in [3.8, 4) is 22.6 Å². The van der Waals surface area contributed by atoms with E-state index in [1.54, 1.807) is 54.6 Å². The third kappa shape index (κ3) is 6.06. The van der Waals surface area contributed by atoms with Gasteiger partial charge in [0.2, 0.25) is 11.7 Å². The average Bonchev–Trinajstić information content (AvgIpc) is 3.45. The van der Waals surface area contributed by atoms with E-state index in [1.165, 1.54) is 24.3 Å². The Balaban J connectivity index is 1.30. The molecule has 1 heterocycles. The first-order valence-electron chi connectivity index (χ1n) is 13.0. The number of oxazole rings is 1. The minimum Gasteiger partial charge on any atom is -0.481 e. The summed E-state index contributed by atoms with van der Waals surface area (Å²) in [5.74, 6) is -5.20. The Kier molecular flexibility index (Phi) is 7.74. The molecule has 41 heavy (non-hydrogen) atoms. The zero-order valence-corrected chi connectivity index (χ0v) is 21.6. The van der Waals surface area contributed by atoms with Crippen LogP contribution in [-0.4, -0.2) is 27.8 Å². The second kappa shape index (κ2) is 11.4. The molecule has 1 aliphatic rings. The number of nitrogens with one attached hydrogen (secondary N) is 1. The van der Waals surface area contributed by atoms with Crippen LogP contribution in [0.2, 0.25) is 0 Å².